The summed E-state index contributed by atoms with van der Waals surface area (Å²) in [5.74, 6) is 0.659. The number of anilines is 2. The summed E-state index contributed by atoms with van der Waals surface area (Å²) in [5.41, 5.74) is 0.975. The van der Waals surface area contributed by atoms with Crippen molar-refractivity contribution in [3.63, 3.8) is 0 Å². The first-order valence-electron chi connectivity index (χ1n) is 6.39. The Morgan fingerprint density at radius 3 is 2.89 bits per heavy atom. The number of nitrogens with one attached hydrogen (secondary N) is 2. The third-order valence-corrected chi connectivity index (χ3v) is 2.55. The van der Waals surface area contributed by atoms with Crippen molar-refractivity contribution in [2.45, 2.75) is 39.4 Å². The summed E-state index contributed by atoms with van der Waals surface area (Å²) in [6.07, 6.45) is -0.420. The van der Waals surface area contributed by atoms with Crippen molar-refractivity contribution in [2.75, 3.05) is 17.2 Å². The van der Waals surface area contributed by atoms with Crippen LogP contribution in [0.5, 0.6) is 5.75 Å². The number of fused-ring (bicyclic) bond motifs is 1. The largest absolute Gasteiger partial charge is 0.485 e. The molecule has 5 nitrogen and oxygen atoms in total. The van der Waals surface area contributed by atoms with E-state index in [0.29, 0.717) is 11.4 Å². The van der Waals surface area contributed by atoms with E-state index in [1.807, 2.05) is 39.8 Å². The molecule has 1 aromatic rings. The molecule has 2 rings (SSSR count). The molecule has 2 N–H and O–H groups in total. The average Bonchev–Trinajstić information content (AvgIpc) is 2.27. The Morgan fingerprint density at radius 1 is 1.47 bits per heavy atom. The quantitative estimate of drug-likeness (QED) is 0.817. The van der Waals surface area contributed by atoms with E-state index in [4.69, 9.17) is 9.47 Å². The van der Waals surface area contributed by atoms with Gasteiger partial charge in [0.05, 0.1) is 17.9 Å². The van der Waals surface area contributed by atoms with Crippen LogP contribution in [0.15, 0.2) is 18.2 Å². The zero-order chi connectivity index (χ0) is 14.0. The summed E-state index contributed by atoms with van der Waals surface area (Å²) in [6.45, 7) is 8.20. The molecule has 1 atom stereocenters. The highest BCUT2D eigenvalue weighted by atomic mass is 16.6. The fourth-order valence-electron chi connectivity index (χ4n) is 1.81. The summed E-state index contributed by atoms with van der Waals surface area (Å²) in [6, 6.07) is 5.57. The molecule has 0 fully saturated rings. The van der Waals surface area contributed by atoms with Crippen molar-refractivity contribution in [1.82, 2.24) is 0 Å². The number of carbonyl (C=O) groups excluding carboxylic acids is 1. The van der Waals surface area contributed by atoms with Crippen LogP contribution in [-0.4, -0.2) is 24.3 Å². The van der Waals surface area contributed by atoms with Gasteiger partial charge in [-0.2, -0.15) is 0 Å². The lowest BCUT2D eigenvalue weighted by Gasteiger charge is -2.27. The number of rotatable bonds is 1. The van der Waals surface area contributed by atoms with Gasteiger partial charge in [0.15, 0.2) is 5.75 Å². The first-order chi connectivity index (χ1) is 8.85. The minimum atomic E-state index is -0.522. The second-order valence-electron chi connectivity index (χ2n) is 5.62. The Bertz CT molecular complexity index is 480. The molecule has 104 valence electrons. The van der Waals surface area contributed by atoms with Crippen LogP contribution in [0.2, 0.25) is 0 Å². The molecule has 0 saturated heterocycles. The van der Waals surface area contributed by atoms with Crippen LogP contribution < -0.4 is 15.4 Å². The van der Waals surface area contributed by atoms with Gasteiger partial charge in [-0.3, -0.25) is 5.32 Å². The normalized spacial score (nSPS) is 17.8. The lowest BCUT2D eigenvalue weighted by Crippen LogP contribution is -2.30. The summed E-state index contributed by atoms with van der Waals surface area (Å²) < 4.78 is 11.0. The van der Waals surface area contributed by atoms with Crippen molar-refractivity contribution in [3.8, 4) is 5.75 Å². The van der Waals surface area contributed by atoms with Gasteiger partial charge in [-0.15, -0.1) is 0 Å². The van der Waals surface area contributed by atoms with Gasteiger partial charge < -0.3 is 14.8 Å². The Kier molecular flexibility index (Phi) is 3.55. The Labute approximate surface area is 113 Å². The van der Waals surface area contributed by atoms with Gasteiger partial charge in [-0.25, -0.2) is 4.79 Å². The van der Waals surface area contributed by atoms with Gasteiger partial charge in [-0.05, 0) is 39.8 Å². The fraction of sp³-hybridized carbons (Fsp3) is 0.500. The van der Waals surface area contributed by atoms with Gasteiger partial charge in [-0.1, -0.05) is 6.07 Å². The van der Waals surface area contributed by atoms with E-state index in [-0.39, 0.29) is 6.10 Å². The first-order valence-corrected chi connectivity index (χ1v) is 6.39. The second kappa shape index (κ2) is 4.99. The lowest BCUT2D eigenvalue weighted by molar-refractivity contribution is 0.0635. The highest BCUT2D eigenvalue weighted by Crippen LogP contribution is 2.36. The summed E-state index contributed by atoms with van der Waals surface area (Å²) >= 11 is 0. The van der Waals surface area contributed by atoms with Crippen molar-refractivity contribution in [2.24, 2.45) is 0 Å². The zero-order valence-electron chi connectivity index (χ0n) is 11.7. The van der Waals surface area contributed by atoms with Crippen molar-refractivity contribution in [1.29, 1.82) is 0 Å². The van der Waals surface area contributed by atoms with Crippen LogP contribution in [0.4, 0.5) is 16.2 Å². The van der Waals surface area contributed by atoms with E-state index >= 15 is 0 Å². The van der Waals surface area contributed by atoms with E-state index in [2.05, 4.69) is 10.6 Å². The highest BCUT2D eigenvalue weighted by Gasteiger charge is 2.21. The average molecular weight is 264 g/mol. The maximum Gasteiger partial charge on any atom is 0.412 e. The number of hydrogen-bond acceptors (Lipinski definition) is 4. The number of amides is 1. The molecule has 1 aliphatic heterocycles. The predicted molar refractivity (Wildman–Crippen MR) is 74.9 cm³/mol. The Hall–Kier alpha value is -1.91. The molecular formula is C14H20N2O3. The van der Waals surface area contributed by atoms with E-state index < -0.39 is 11.7 Å². The molecular weight excluding hydrogens is 244 g/mol. The summed E-state index contributed by atoms with van der Waals surface area (Å²) in [7, 11) is 0. The van der Waals surface area contributed by atoms with Crippen LogP contribution in [0.1, 0.15) is 27.7 Å². The molecule has 1 aliphatic rings. The van der Waals surface area contributed by atoms with Gasteiger partial charge in [0.25, 0.3) is 0 Å². The SMILES string of the molecule is CC1CNc2cccc(NC(=O)OC(C)(C)C)c2O1. The molecule has 0 spiro atoms. The lowest BCUT2D eigenvalue weighted by atomic mass is 10.2. The highest BCUT2D eigenvalue weighted by molar-refractivity contribution is 5.89. The summed E-state index contributed by atoms with van der Waals surface area (Å²) in [5, 5.41) is 5.98. The van der Waals surface area contributed by atoms with E-state index in [0.717, 1.165) is 12.2 Å². The van der Waals surface area contributed by atoms with Gasteiger partial charge in [0, 0.05) is 0 Å². The minimum Gasteiger partial charge on any atom is -0.485 e. The zero-order valence-corrected chi connectivity index (χ0v) is 11.7. The van der Waals surface area contributed by atoms with Crippen molar-refractivity contribution >= 4 is 17.5 Å². The molecule has 1 aromatic carbocycles. The maximum atomic E-state index is 11.8. The summed E-state index contributed by atoms with van der Waals surface area (Å²) in [4.78, 5) is 11.8. The molecule has 0 aliphatic carbocycles. The molecule has 19 heavy (non-hydrogen) atoms. The van der Waals surface area contributed by atoms with Crippen molar-refractivity contribution in [3.05, 3.63) is 18.2 Å². The first kappa shape index (κ1) is 13.5. The van der Waals surface area contributed by atoms with Crippen molar-refractivity contribution < 1.29 is 14.3 Å². The fourth-order valence-corrected chi connectivity index (χ4v) is 1.81. The smallest absolute Gasteiger partial charge is 0.412 e. The third-order valence-electron chi connectivity index (χ3n) is 2.55. The Morgan fingerprint density at radius 2 is 2.21 bits per heavy atom. The molecule has 1 heterocycles. The maximum absolute atomic E-state index is 11.8. The van der Waals surface area contributed by atoms with Gasteiger partial charge >= 0.3 is 6.09 Å². The molecule has 5 heteroatoms. The topological polar surface area (TPSA) is 59.6 Å². The molecule has 0 aromatic heterocycles. The van der Waals surface area contributed by atoms with Crippen LogP contribution >= 0.6 is 0 Å². The van der Waals surface area contributed by atoms with Crippen LogP contribution in [0, 0.1) is 0 Å². The molecule has 0 saturated carbocycles. The van der Waals surface area contributed by atoms with Crippen LogP contribution in [0.3, 0.4) is 0 Å². The minimum absolute atomic E-state index is 0.0640. The molecule has 1 amide bonds. The van der Waals surface area contributed by atoms with Gasteiger partial charge in [0.2, 0.25) is 0 Å². The Balaban J connectivity index is 2.15. The van der Waals surface area contributed by atoms with E-state index in [9.17, 15) is 4.79 Å². The van der Waals surface area contributed by atoms with Crippen LogP contribution in [-0.2, 0) is 4.74 Å². The monoisotopic (exact) mass is 264 g/mol. The molecule has 0 radical (unpaired) electrons. The van der Waals surface area contributed by atoms with Crippen LogP contribution in [0.25, 0.3) is 0 Å². The molecule has 1 unspecified atom stereocenters. The van der Waals surface area contributed by atoms with Gasteiger partial charge in [0.1, 0.15) is 11.7 Å². The third kappa shape index (κ3) is 3.53. The predicted octanol–water partition coefficient (Wildman–Crippen LogP) is 3.23. The number of carbonyl (C=O) groups is 1. The molecule has 0 bridgehead atoms. The number of hydrogen-bond donors (Lipinski definition) is 2. The van der Waals surface area contributed by atoms with E-state index in [1.165, 1.54) is 0 Å². The standard InChI is InChI=1S/C14H20N2O3/c1-9-8-15-10-6-5-7-11(12(10)18-9)16-13(17)19-14(2,3)4/h5-7,9,15H,8H2,1-4H3,(H,16,17). The van der Waals surface area contributed by atoms with E-state index in [1.54, 1.807) is 6.07 Å². The number of ether oxygens (including phenoxy) is 2. The number of benzene rings is 1. The second-order valence-corrected chi connectivity index (χ2v) is 5.62. The number of para-hydroxylation sites is 1.